The van der Waals surface area contributed by atoms with Crippen molar-refractivity contribution in [1.82, 2.24) is 15.3 Å². The lowest BCUT2D eigenvalue weighted by molar-refractivity contribution is 0.169. The van der Waals surface area contributed by atoms with Gasteiger partial charge >= 0.3 is 6.09 Å². The maximum atomic E-state index is 13.7. The number of nitrogens with one attached hydrogen (secondary N) is 1. The molecule has 7 heteroatoms. The number of carboxylic acid groups (broad SMARTS) is 1. The lowest BCUT2D eigenvalue weighted by atomic mass is 9.92. The summed E-state index contributed by atoms with van der Waals surface area (Å²) in [6.45, 7) is 8.09. The fourth-order valence-electron chi connectivity index (χ4n) is 3.69. The van der Waals surface area contributed by atoms with E-state index in [0.717, 1.165) is 16.8 Å². The average Bonchev–Trinajstić information content (AvgIpc) is 2.65. The highest BCUT2D eigenvalue weighted by Gasteiger charge is 2.23. The topological polar surface area (TPSA) is 84.3 Å². The smallest absolute Gasteiger partial charge is 0.405 e. The van der Waals surface area contributed by atoms with E-state index in [2.05, 4.69) is 15.3 Å². The third-order valence-electron chi connectivity index (χ3n) is 4.87. The normalized spacial score (nSPS) is 12.6. The second kappa shape index (κ2) is 8.65. The summed E-state index contributed by atoms with van der Waals surface area (Å²) >= 11 is 0. The van der Waals surface area contributed by atoms with Crippen molar-refractivity contribution in [2.45, 2.75) is 39.7 Å². The maximum absolute atomic E-state index is 13.7. The fraction of sp³-hybridized carbons (Fsp3) is 0.348. The second-order valence-electron chi connectivity index (χ2n) is 8.29. The summed E-state index contributed by atoms with van der Waals surface area (Å²) in [6, 6.07) is 8.25. The number of ether oxygens (including phenoxy) is 1. The van der Waals surface area contributed by atoms with E-state index in [4.69, 9.17) is 9.84 Å². The molecule has 0 aliphatic rings. The highest BCUT2D eigenvalue weighted by molar-refractivity contribution is 5.93. The van der Waals surface area contributed by atoms with Gasteiger partial charge in [0.2, 0.25) is 0 Å². The molecule has 2 heterocycles. The van der Waals surface area contributed by atoms with Crippen molar-refractivity contribution in [3.05, 3.63) is 54.1 Å². The summed E-state index contributed by atoms with van der Waals surface area (Å²) < 4.78 is 19.7. The Balaban J connectivity index is 1.74. The zero-order valence-electron chi connectivity index (χ0n) is 17.6. The minimum Gasteiger partial charge on any atom is -0.491 e. The largest absolute Gasteiger partial charge is 0.491 e. The van der Waals surface area contributed by atoms with Crippen LogP contribution in [0.4, 0.5) is 9.18 Å². The Labute approximate surface area is 175 Å². The summed E-state index contributed by atoms with van der Waals surface area (Å²) in [6.07, 6.45) is 2.96. The molecule has 1 amide bonds. The van der Waals surface area contributed by atoms with Gasteiger partial charge in [-0.05, 0) is 69.0 Å². The number of carbonyl (C=O) groups is 1. The van der Waals surface area contributed by atoms with Crippen LogP contribution in [0.5, 0.6) is 5.75 Å². The van der Waals surface area contributed by atoms with Gasteiger partial charge in [-0.15, -0.1) is 0 Å². The van der Waals surface area contributed by atoms with Crippen molar-refractivity contribution in [2.75, 3.05) is 6.61 Å². The van der Waals surface area contributed by atoms with Gasteiger partial charge in [0.1, 0.15) is 11.6 Å². The SMILES string of the molecule is Cc1cc(-c2ccnc3ccc(F)cc23)ncc1OCC(C)CC(C)(C)NC(=O)O. The molecule has 1 unspecified atom stereocenters. The maximum Gasteiger partial charge on any atom is 0.405 e. The number of hydrogen-bond donors (Lipinski definition) is 2. The molecule has 6 nitrogen and oxygen atoms in total. The van der Waals surface area contributed by atoms with Crippen LogP contribution in [0.3, 0.4) is 0 Å². The molecule has 0 saturated carbocycles. The van der Waals surface area contributed by atoms with Crippen molar-refractivity contribution in [3.8, 4) is 17.0 Å². The first-order valence-electron chi connectivity index (χ1n) is 9.80. The molecule has 0 bridgehead atoms. The van der Waals surface area contributed by atoms with Gasteiger partial charge in [0, 0.05) is 22.7 Å². The van der Waals surface area contributed by atoms with Crippen LogP contribution in [0, 0.1) is 18.7 Å². The number of hydrogen-bond acceptors (Lipinski definition) is 4. The Morgan fingerprint density at radius 1 is 1.27 bits per heavy atom. The molecule has 2 N–H and O–H groups in total. The standard InChI is InChI=1S/C23H26FN3O3/c1-14(11-23(3,4)27-22(28)29)13-30-21-12-26-20(9-15(21)2)17-7-8-25-19-6-5-16(24)10-18(17)19/h5-10,12,14,27H,11,13H2,1-4H3,(H,28,29). The monoisotopic (exact) mass is 411 g/mol. The lowest BCUT2D eigenvalue weighted by Crippen LogP contribution is -2.44. The number of nitrogens with zero attached hydrogens (tertiary/aromatic N) is 2. The number of pyridine rings is 2. The number of amides is 1. The molecule has 3 aromatic rings. The minimum atomic E-state index is -1.03. The van der Waals surface area contributed by atoms with Crippen molar-refractivity contribution in [3.63, 3.8) is 0 Å². The van der Waals surface area contributed by atoms with Crippen molar-refractivity contribution < 1.29 is 19.0 Å². The molecule has 0 radical (unpaired) electrons. The molecule has 0 aliphatic heterocycles. The van der Waals surface area contributed by atoms with Gasteiger partial charge in [-0.3, -0.25) is 9.97 Å². The quantitative estimate of drug-likeness (QED) is 0.558. The fourth-order valence-corrected chi connectivity index (χ4v) is 3.69. The molecule has 30 heavy (non-hydrogen) atoms. The van der Waals surface area contributed by atoms with Crippen LogP contribution in [0.25, 0.3) is 22.2 Å². The molecule has 0 spiro atoms. The Hall–Kier alpha value is -3.22. The average molecular weight is 411 g/mol. The first-order chi connectivity index (χ1) is 14.1. The lowest BCUT2D eigenvalue weighted by Gasteiger charge is -2.28. The van der Waals surface area contributed by atoms with Crippen molar-refractivity contribution in [2.24, 2.45) is 5.92 Å². The summed E-state index contributed by atoms with van der Waals surface area (Å²) in [7, 11) is 0. The number of rotatable bonds is 7. The van der Waals surface area contributed by atoms with Crippen molar-refractivity contribution >= 4 is 17.0 Å². The van der Waals surface area contributed by atoms with Crippen LogP contribution in [-0.2, 0) is 0 Å². The van der Waals surface area contributed by atoms with E-state index >= 15 is 0 Å². The number of fused-ring (bicyclic) bond motifs is 1. The Kier molecular flexibility index (Phi) is 6.20. The summed E-state index contributed by atoms with van der Waals surface area (Å²) in [4.78, 5) is 19.7. The van der Waals surface area contributed by atoms with Gasteiger partial charge in [-0.2, -0.15) is 0 Å². The predicted octanol–water partition coefficient (Wildman–Crippen LogP) is 5.20. The van der Waals surface area contributed by atoms with Crippen LogP contribution in [-0.4, -0.2) is 33.3 Å². The number of aromatic nitrogens is 2. The first kappa shape index (κ1) is 21.5. The Morgan fingerprint density at radius 2 is 2.03 bits per heavy atom. The van der Waals surface area contributed by atoms with E-state index in [1.807, 2.05) is 39.8 Å². The molecule has 2 aromatic heterocycles. The zero-order chi connectivity index (χ0) is 21.9. The van der Waals surface area contributed by atoms with Crippen LogP contribution < -0.4 is 10.1 Å². The van der Waals surface area contributed by atoms with Gasteiger partial charge in [-0.1, -0.05) is 6.92 Å². The van der Waals surface area contributed by atoms with Gasteiger partial charge in [0.15, 0.2) is 0 Å². The van der Waals surface area contributed by atoms with Crippen LogP contribution in [0.15, 0.2) is 42.7 Å². The summed E-state index contributed by atoms with van der Waals surface area (Å²) in [5.74, 6) is 0.486. The van der Waals surface area contributed by atoms with Gasteiger partial charge < -0.3 is 15.2 Å². The summed E-state index contributed by atoms with van der Waals surface area (Å²) in [5, 5.41) is 12.2. The molecule has 0 saturated heterocycles. The number of aryl methyl sites for hydroxylation is 1. The van der Waals surface area contributed by atoms with E-state index in [9.17, 15) is 9.18 Å². The minimum absolute atomic E-state index is 0.137. The molecule has 0 fully saturated rings. The van der Waals surface area contributed by atoms with E-state index in [-0.39, 0.29) is 11.7 Å². The van der Waals surface area contributed by atoms with E-state index in [1.54, 1.807) is 18.5 Å². The highest BCUT2D eigenvalue weighted by atomic mass is 19.1. The molecule has 158 valence electrons. The van der Waals surface area contributed by atoms with E-state index in [1.165, 1.54) is 12.1 Å². The molecular formula is C23H26FN3O3. The third kappa shape index (κ3) is 5.23. The molecule has 0 aliphatic carbocycles. The molecule has 1 atom stereocenters. The van der Waals surface area contributed by atoms with Gasteiger partial charge in [0.05, 0.1) is 24.0 Å². The molecule has 3 rings (SSSR count). The van der Waals surface area contributed by atoms with Crippen LogP contribution >= 0.6 is 0 Å². The number of benzene rings is 1. The highest BCUT2D eigenvalue weighted by Crippen LogP contribution is 2.29. The van der Waals surface area contributed by atoms with E-state index < -0.39 is 11.6 Å². The van der Waals surface area contributed by atoms with Gasteiger partial charge in [0.25, 0.3) is 0 Å². The summed E-state index contributed by atoms with van der Waals surface area (Å²) in [5.41, 5.74) is 2.61. The Morgan fingerprint density at radius 3 is 2.73 bits per heavy atom. The molecule has 1 aromatic carbocycles. The Bertz CT molecular complexity index is 1070. The second-order valence-corrected chi connectivity index (χ2v) is 8.29. The zero-order valence-corrected chi connectivity index (χ0v) is 17.6. The van der Waals surface area contributed by atoms with Gasteiger partial charge in [-0.25, -0.2) is 9.18 Å². The van der Waals surface area contributed by atoms with Crippen LogP contribution in [0.1, 0.15) is 32.8 Å². The predicted molar refractivity (Wildman–Crippen MR) is 114 cm³/mol. The third-order valence-corrected chi connectivity index (χ3v) is 4.87. The first-order valence-corrected chi connectivity index (χ1v) is 9.80. The molecular weight excluding hydrogens is 385 g/mol. The van der Waals surface area contributed by atoms with E-state index in [0.29, 0.717) is 29.7 Å². The number of halogens is 1. The van der Waals surface area contributed by atoms with Crippen molar-refractivity contribution in [1.29, 1.82) is 0 Å². The van der Waals surface area contributed by atoms with Crippen LogP contribution in [0.2, 0.25) is 0 Å².